The quantitative estimate of drug-likeness (QED) is 0.329. The summed E-state index contributed by atoms with van der Waals surface area (Å²) < 4.78 is 46.5. The maximum absolute atomic E-state index is 13.5. The molecule has 0 bridgehead atoms. The zero-order valence-electron chi connectivity index (χ0n) is 20.3. The molecule has 0 unspecified atom stereocenters. The van der Waals surface area contributed by atoms with Crippen LogP contribution in [0.4, 0.5) is 9.18 Å². The Hall–Kier alpha value is -3.95. The Balaban J connectivity index is 1.58. The van der Waals surface area contributed by atoms with Crippen molar-refractivity contribution < 1.29 is 22.3 Å². The number of hydrogen-bond acceptors (Lipinski definition) is 5. The highest BCUT2D eigenvalue weighted by Crippen LogP contribution is 2.38. The van der Waals surface area contributed by atoms with Crippen LogP contribution in [0.2, 0.25) is 5.02 Å². The number of aromatic nitrogens is 2. The molecule has 7 nitrogen and oxygen atoms in total. The first kappa shape index (κ1) is 25.7. The molecule has 0 radical (unpaired) electrons. The summed E-state index contributed by atoms with van der Waals surface area (Å²) in [5, 5.41) is 7.78. The second-order valence-corrected chi connectivity index (χ2v) is 11.4. The number of carbonyl (C=O) groups is 1. The number of halogens is 2. The summed E-state index contributed by atoms with van der Waals surface area (Å²) >= 11 is 6.07. The molecule has 1 aliphatic heterocycles. The molecular formula is C28H23ClFN3O4S. The number of nitrogens with zero attached hydrogens (tertiary/aromatic N) is 2. The minimum atomic E-state index is -3.60. The van der Waals surface area contributed by atoms with Gasteiger partial charge < -0.3 is 10.1 Å². The molecule has 0 saturated heterocycles. The highest BCUT2D eigenvalue weighted by Gasteiger charge is 2.34. The molecule has 4 aromatic rings. The van der Waals surface area contributed by atoms with Crippen LogP contribution in [0.25, 0.3) is 17.3 Å². The van der Waals surface area contributed by atoms with E-state index >= 15 is 0 Å². The average molecular weight is 552 g/mol. The van der Waals surface area contributed by atoms with Crippen LogP contribution in [0, 0.1) is 5.82 Å². The maximum atomic E-state index is 13.5. The van der Waals surface area contributed by atoms with Crippen molar-refractivity contribution in [3.05, 3.63) is 112 Å². The number of hydrogen-bond donors (Lipinski definition) is 1. The largest absolute Gasteiger partial charge is 0.414 e. The Morgan fingerprint density at radius 1 is 1.05 bits per heavy atom. The molecule has 10 heteroatoms. The first-order chi connectivity index (χ1) is 18.2. The van der Waals surface area contributed by atoms with Gasteiger partial charge in [-0.3, -0.25) is 0 Å². The number of carbonyl (C=O) groups excluding carboxylic acids is 1. The van der Waals surface area contributed by atoms with Gasteiger partial charge in [-0.05, 0) is 66.1 Å². The van der Waals surface area contributed by atoms with E-state index in [1.54, 1.807) is 47.2 Å². The van der Waals surface area contributed by atoms with Crippen molar-refractivity contribution in [3.8, 4) is 11.6 Å². The van der Waals surface area contributed by atoms with Crippen molar-refractivity contribution in [2.24, 2.45) is 0 Å². The summed E-state index contributed by atoms with van der Waals surface area (Å²) in [6.07, 6.45) is 0.904. The number of nitrogens with one attached hydrogen (secondary N) is 1. The van der Waals surface area contributed by atoms with E-state index in [9.17, 15) is 17.6 Å². The summed E-state index contributed by atoms with van der Waals surface area (Å²) in [4.78, 5) is 12.8. The van der Waals surface area contributed by atoms with Gasteiger partial charge in [0.1, 0.15) is 5.82 Å². The topological polar surface area (TPSA) is 90.3 Å². The van der Waals surface area contributed by atoms with Crippen LogP contribution in [-0.2, 0) is 15.6 Å². The molecule has 1 aliphatic rings. The molecule has 0 saturated carbocycles. The standard InChI is InChI=1S/C28H23ClFN3O4S/c1-18(20-5-3-2-4-6-20)31-28(34)37-27-25-17-38(35,36)16-21(15-19-7-11-23(30)12-8-19)26(25)33(32-27)24-13-9-22(29)10-14-24/h2-15,18H,16-17H2,1H3,(H,31,34)/b21-15+/t18-/m1/s1. The Labute approximate surface area is 224 Å². The van der Waals surface area contributed by atoms with E-state index in [0.717, 1.165) is 5.56 Å². The summed E-state index contributed by atoms with van der Waals surface area (Å²) in [7, 11) is -3.60. The third-order valence-electron chi connectivity index (χ3n) is 6.10. The van der Waals surface area contributed by atoms with Crippen LogP contribution < -0.4 is 10.1 Å². The number of sulfone groups is 1. The Morgan fingerprint density at radius 2 is 1.74 bits per heavy atom. The van der Waals surface area contributed by atoms with E-state index in [0.29, 0.717) is 27.5 Å². The van der Waals surface area contributed by atoms with E-state index in [4.69, 9.17) is 16.3 Å². The molecule has 3 aromatic carbocycles. The molecule has 38 heavy (non-hydrogen) atoms. The maximum Gasteiger partial charge on any atom is 0.414 e. The van der Waals surface area contributed by atoms with Crippen molar-refractivity contribution in [1.82, 2.24) is 15.1 Å². The van der Waals surface area contributed by atoms with Gasteiger partial charge in [-0.25, -0.2) is 22.3 Å². The van der Waals surface area contributed by atoms with Crippen molar-refractivity contribution >= 4 is 39.2 Å². The van der Waals surface area contributed by atoms with Gasteiger partial charge in [0.2, 0.25) is 5.88 Å². The van der Waals surface area contributed by atoms with E-state index in [1.807, 2.05) is 37.3 Å². The molecule has 0 aliphatic carbocycles. The zero-order valence-corrected chi connectivity index (χ0v) is 21.8. The van der Waals surface area contributed by atoms with Crippen molar-refractivity contribution in [3.63, 3.8) is 0 Å². The number of benzene rings is 3. The molecular weight excluding hydrogens is 529 g/mol. The van der Waals surface area contributed by atoms with Crippen molar-refractivity contribution in [2.75, 3.05) is 5.75 Å². The fourth-order valence-electron chi connectivity index (χ4n) is 4.31. The Bertz CT molecular complexity index is 1620. The summed E-state index contributed by atoms with van der Waals surface area (Å²) in [6.45, 7) is 1.81. The van der Waals surface area contributed by atoms with Gasteiger partial charge in [0.25, 0.3) is 0 Å². The molecule has 0 spiro atoms. The number of ether oxygens (including phenoxy) is 1. The fourth-order valence-corrected chi connectivity index (χ4v) is 5.93. The van der Waals surface area contributed by atoms with Crippen molar-refractivity contribution in [2.45, 2.75) is 18.7 Å². The SMILES string of the molecule is C[C@@H](NC(=O)Oc1nn(-c2ccc(Cl)cc2)c2c1CS(=O)(=O)C/C2=C\c1ccc(F)cc1)c1ccccc1. The van der Waals surface area contributed by atoms with Gasteiger partial charge in [0, 0.05) is 5.02 Å². The third-order valence-corrected chi connectivity index (χ3v) is 7.83. The van der Waals surface area contributed by atoms with Crippen LogP contribution in [0.5, 0.6) is 5.88 Å². The molecule has 5 rings (SSSR count). The van der Waals surface area contributed by atoms with E-state index in [2.05, 4.69) is 10.4 Å². The molecule has 194 valence electrons. The van der Waals surface area contributed by atoms with Crippen molar-refractivity contribution in [1.29, 1.82) is 0 Å². The zero-order chi connectivity index (χ0) is 26.9. The van der Waals surface area contributed by atoms with Gasteiger partial charge in [-0.2, -0.15) is 0 Å². The first-order valence-electron chi connectivity index (χ1n) is 11.8. The van der Waals surface area contributed by atoms with Crippen LogP contribution in [0.15, 0.2) is 78.9 Å². The van der Waals surface area contributed by atoms with Gasteiger partial charge in [-0.15, -0.1) is 5.10 Å². The summed E-state index contributed by atoms with van der Waals surface area (Å²) in [5.74, 6) is -1.12. The first-order valence-corrected chi connectivity index (χ1v) is 14.0. The van der Waals surface area contributed by atoms with Crippen LogP contribution in [0.3, 0.4) is 0 Å². The van der Waals surface area contributed by atoms with Crippen LogP contribution >= 0.6 is 11.6 Å². The number of rotatable bonds is 5. The highest BCUT2D eigenvalue weighted by molar-refractivity contribution is 7.91. The minimum Gasteiger partial charge on any atom is -0.389 e. The summed E-state index contributed by atoms with van der Waals surface area (Å²) in [5.41, 5.74) is 3.29. The number of amides is 1. The van der Waals surface area contributed by atoms with Gasteiger partial charge in [-0.1, -0.05) is 54.1 Å². The lowest BCUT2D eigenvalue weighted by Crippen LogP contribution is -2.30. The number of fused-ring (bicyclic) bond motifs is 1. The molecule has 1 atom stereocenters. The lowest BCUT2D eigenvalue weighted by atomic mass is 10.1. The van der Waals surface area contributed by atoms with Gasteiger partial charge >= 0.3 is 6.09 Å². The second kappa shape index (κ2) is 10.4. The normalized spacial score (nSPS) is 16.0. The molecule has 1 amide bonds. The molecule has 1 aromatic heterocycles. The second-order valence-electron chi connectivity index (χ2n) is 8.94. The third kappa shape index (κ3) is 5.64. The average Bonchev–Trinajstić information content (AvgIpc) is 3.23. The lowest BCUT2D eigenvalue weighted by Gasteiger charge is -2.19. The van der Waals surface area contributed by atoms with E-state index in [-0.39, 0.29) is 29.0 Å². The molecule has 2 heterocycles. The van der Waals surface area contributed by atoms with Crippen LogP contribution in [0.1, 0.15) is 35.3 Å². The predicted molar refractivity (Wildman–Crippen MR) is 144 cm³/mol. The van der Waals surface area contributed by atoms with Gasteiger partial charge in [0.15, 0.2) is 9.84 Å². The fraction of sp³-hybridized carbons (Fsp3) is 0.143. The molecule has 1 N–H and O–H groups in total. The lowest BCUT2D eigenvalue weighted by molar-refractivity contribution is 0.194. The highest BCUT2D eigenvalue weighted by atomic mass is 35.5. The monoisotopic (exact) mass is 551 g/mol. The Morgan fingerprint density at radius 3 is 2.42 bits per heavy atom. The van der Waals surface area contributed by atoms with E-state index < -0.39 is 21.7 Å². The van der Waals surface area contributed by atoms with Crippen LogP contribution in [-0.4, -0.2) is 30.0 Å². The van der Waals surface area contributed by atoms with E-state index in [1.165, 1.54) is 12.1 Å². The van der Waals surface area contributed by atoms with Gasteiger partial charge in [0.05, 0.1) is 34.5 Å². The predicted octanol–water partition coefficient (Wildman–Crippen LogP) is 5.98. The summed E-state index contributed by atoms with van der Waals surface area (Å²) in [6, 6.07) is 21.5. The molecule has 0 fully saturated rings. The smallest absolute Gasteiger partial charge is 0.389 e. The minimum absolute atomic E-state index is 0.110. The Kier molecular flexibility index (Phi) is 7.05.